The third kappa shape index (κ3) is 7.23. The zero-order chi connectivity index (χ0) is 31.1. The van der Waals surface area contributed by atoms with Crippen LogP contribution in [0.1, 0.15) is 45.5 Å². The van der Waals surface area contributed by atoms with E-state index in [1.165, 1.54) is 21.3 Å². The normalized spacial score (nSPS) is 19.2. The Balaban J connectivity index is 1.37. The number of carbonyl (C=O) groups is 3. The van der Waals surface area contributed by atoms with E-state index in [4.69, 9.17) is 23.7 Å². The number of carbonyl (C=O) groups excluding carboxylic acids is 3. The number of hydrogen-bond acceptors (Lipinski definition) is 8. The molecule has 2 aliphatic rings. The highest BCUT2D eigenvalue weighted by Crippen LogP contribution is 2.33. The van der Waals surface area contributed by atoms with E-state index in [-0.39, 0.29) is 43.4 Å². The number of benzene rings is 3. The summed E-state index contributed by atoms with van der Waals surface area (Å²) in [6, 6.07) is 17.2. The van der Waals surface area contributed by atoms with E-state index < -0.39 is 6.04 Å². The van der Waals surface area contributed by atoms with E-state index in [9.17, 15) is 14.4 Å². The van der Waals surface area contributed by atoms with Crippen LogP contribution < -0.4 is 29.6 Å². The Hall–Kier alpha value is -4.77. The Morgan fingerprint density at radius 1 is 0.955 bits per heavy atom. The topological polar surface area (TPSA) is 125 Å². The molecular weight excluding hydrogens is 566 g/mol. The maximum atomic E-state index is 13.6. The van der Waals surface area contributed by atoms with Gasteiger partial charge in [0.05, 0.1) is 45.6 Å². The molecule has 3 aromatic rings. The number of likely N-dealkylation sites (tertiary alicyclic amines) is 1. The van der Waals surface area contributed by atoms with Gasteiger partial charge in [0.2, 0.25) is 5.91 Å². The molecule has 0 aromatic heterocycles. The van der Waals surface area contributed by atoms with Crippen LogP contribution in [0.15, 0.2) is 60.7 Å². The largest absolute Gasteiger partial charge is 0.497 e. The van der Waals surface area contributed by atoms with Gasteiger partial charge in [-0.3, -0.25) is 14.4 Å². The number of para-hydroxylation sites is 1. The van der Waals surface area contributed by atoms with E-state index in [0.717, 1.165) is 5.56 Å². The number of amides is 3. The molecule has 5 rings (SSSR count). The van der Waals surface area contributed by atoms with Gasteiger partial charge in [0.1, 0.15) is 17.2 Å². The molecule has 4 bridgehead atoms. The summed E-state index contributed by atoms with van der Waals surface area (Å²) in [5, 5.41) is 5.94. The van der Waals surface area contributed by atoms with Gasteiger partial charge in [0.25, 0.3) is 11.8 Å². The molecule has 11 heteroatoms. The lowest BCUT2D eigenvalue weighted by Gasteiger charge is -2.39. The van der Waals surface area contributed by atoms with Crippen LogP contribution in [0.3, 0.4) is 0 Å². The van der Waals surface area contributed by atoms with Crippen LogP contribution in [0.5, 0.6) is 28.7 Å². The van der Waals surface area contributed by atoms with Gasteiger partial charge in [-0.1, -0.05) is 18.2 Å². The number of fused-ring (bicyclic) bond motifs is 5. The Labute approximate surface area is 256 Å². The molecule has 1 saturated heterocycles. The van der Waals surface area contributed by atoms with Gasteiger partial charge >= 0.3 is 0 Å². The van der Waals surface area contributed by atoms with Crippen molar-refractivity contribution in [3.8, 4) is 28.7 Å². The number of piperidine rings is 1. The minimum Gasteiger partial charge on any atom is -0.497 e. The van der Waals surface area contributed by atoms with Crippen molar-refractivity contribution in [3.63, 3.8) is 0 Å². The summed E-state index contributed by atoms with van der Waals surface area (Å²) in [4.78, 5) is 41.3. The van der Waals surface area contributed by atoms with E-state index in [0.29, 0.717) is 65.8 Å². The first kappa shape index (κ1) is 30.7. The third-order valence-electron chi connectivity index (χ3n) is 7.66. The third-order valence-corrected chi connectivity index (χ3v) is 7.66. The molecule has 2 aliphatic heterocycles. The van der Waals surface area contributed by atoms with Crippen molar-refractivity contribution in [3.05, 3.63) is 77.4 Å². The smallest absolute Gasteiger partial charge is 0.257 e. The van der Waals surface area contributed by atoms with Gasteiger partial charge < -0.3 is 39.2 Å². The van der Waals surface area contributed by atoms with Crippen molar-refractivity contribution in [2.24, 2.45) is 0 Å². The van der Waals surface area contributed by atoms with Crippen molar-refractivity contribution < 1.29 is 38.1 Å². The van der Waals surface area contributed by atoms with Crippen molar-refractivity contribution in [2.45, 2.75) is 38.0 Å². The number of nitrogens with zero attached hydrogens (tertiary/aromatic N) is 1. The van der Waals surface area contributed by atoms with Crippen LogP contribution in [-0.4, -0.2) is 75.7 Å². The van der Waals surface area contributed by atoms with E-state index in [2.05, 4.69) is 10.6 Å². The first-order valence-electron chi connectivity index (χ1n) is 14.5. The maximum Gasteiger partial charge on any atom is 0.257 e. The molecule has 0 saturated carbocycles. The van der Waals surface area contributed by atoms with Crippen molar-refractivity contribution in [1.29, 1.82) is 0 Å². The van der Waals surface area contributed by atoms with Crippen LogP contribution in [0.2, 0.25) is 0 Å². The van der Waals surface area contributed by atoms with Crippen LogP contribution in [0.25, 0.3) is 0 Å². The lowest BCUT2D eigenvalue weighted by molar-refractivity contribution is -0.124. The number of methoxy groups -OCH3 is 3. The lowest BCUT2D eigenvalue weighted by atomic mass is 10.00. The number of ether oxygens (including phenoxy) is 5. The molecule has 11 nitrogen and oxygen atoms in total. The summed E-state index contributed by atoms with van der Waals surface area (Å²) in [6.07, 6.45) is 0.800. The Kier molecular flexibility index (Phi) is 9.86. The zero-order valence-corrected chi connectivity index (χ0v) is 25.1. The molecule has 2 atom stereocenters. The second kappa shape index (κ2) is 14.1. The minimum absolute atomic E-state index is 0.189. The highest BCUT2D eigenvalue weighted by Gasteiger charge is 2.34. The molecular formula is C33H37N3O8. The number of hydrogen-bond donors (Lipinski definition) is 2. The molecule has 0 unspecified atom stereocenters. The lowest BCUT2D eigenvalue weighted by Crippen LogP contribution is -2.57. The molecule has 1 fully saturated rings. The van der Waals surface area contributed by atoms with Gasteiger partial charge in [0, 0.05) is 37.7 Å². The predicted molar refractivity (Wildman–Crippen MR) is 162 cm³/mol. The number of rotatable bonds is 4. The standard InChI is InChI=1S/C33H37N3O8/c1-40-24-16-22-17-25(18-24)44-23-8-4-7-21(15-23)20-43-28-12-14-36(19-27(28)35-30(37)11-6-13-34-32(22)38)33(39)26-9-5-10-29(41-2)31(26)42-3/h4-5,7-10,15-18,27-28H,6,11-14,19-20H2,1-3H3,(H,34,38)(H,35,37)/t27-,28-/m0/s1. The molecule has 2 heterocycles. The van der Waals surface area contributed by atoms with E-state index >= 15 is 0 Å². The van der Waals surface area contributed by atoms with Crippen molar-refractivity contribution in [1.82, 2.24) is 15.5 Å². The Morgan fingerprint density at radius 2 is 1.80 bits per heavy atom. The summed E-state index contributed by atoms with van der Waals surface area (Å²) in [7, 11) is 4.55. The Morgan fingerprint density at radius 3 is 2.59 bits per heavy atom. The fourth-order valence-corrected chi connectivity index (χ4v) is 5.43. The Bertz CT molecular complexity index is 1510. The monoisotopic (exact) mass is 603 g/mol. The second-order valence-corrected chi connectivity index (χ2v) is 10.6. The highest BCUT2D eigenvalue weighted by molar-refractivity contribution is 5.98. The highest BCUT2D eigenvalue weighted by atomic mass is 16.5. The summed E-state index contributed by atoms with van der Waals surface area (Å²) < 4.78 is 28.7. The minimum atomic E-state index is -0.447. The SMILES string of the molecule is COc1cc2cc(c1)C(=O)NCCCC(=O)N[C@H]1CN(C(=O)c3cccc(OC)c3OC)CC[C@@H]1OCc1cccc(c1)O2. The van der Waals surface area contributed by atoms with Crippen LogP contribution >= 0.6 is 0 Å². The first-order valence-corrected chi connectivity index (χ1v) is 14.5. The molecule has 232 valence electrons. The van der Waals surface area contributed by atoms with E-state index in [1.54, 1.807) is 41.3 Å². The fourth-order valence-electron chi connectivity index (χ4n) is 5.43. The van der Waals surface area contributed by atoms with Crippen LogP contribution in [0, 0.1) is 0 Å². The molecule has 2 N–H and O–H groups in total. The molecule has 44 heavy (non-hydrogen) atoms. The molecule has 0 spiro atoms. The van der Waals surface area contributed by atoms with Crippen molar-refractivity contribution in [2.75, 3.05) is 41.0 Å². The van der Waals surface area contributed by atoms with Gasteiger partial charge in [-0.25, -0.2) is 0 Å². The predicted octanol–water partition coefficient (Wildman–Crippen LogP) is 3.94. The molecule has 0 radical (unpaired) electrons. The summed E-state index contributed by atoms with van der Waals surface area (Å²) in [6.45, 7) is 1.26. The van der Waals surface area contributed by atoms with Gasteiger partial charge in [-0.15, -0.1) is 0 Å². The van der Waals surface area contributed by atoms with Crippen molar-refractivity contribution >= 4 is 17.7 Å². The summed E-state index contributed by atoms with van der Waals surface area (Å²) >= 11 is 0. The average molecular weight is 604 g/mol. The average Bonchev–Trinajstić information content (AvgIpc) is 3.04. The van der Waals surface area contributed by atoms with Gasteiger partial charge in [-0.05, 0) is 54.8 Å². The molecule has 3 aromatic carbocycles. The van der Waals surface area contributed by atoms with Gasteiger partial charge in [0.15, 0.2) is 11.5 Å². The quantitative estimate of drug-likeness (QED) is 0.460. The molecule has 0 aliphatic carbocycles. The second-order valence-electron chi connectivity index (χ2n) is 10.6. The van der Waals surface area contributed by atoms with Crippen LogP contribution in [-0.2, 0) is 16.1 Å². The van der Waals surface area contributed by atoms with Crippen LogP contribution in [0.4, 0.5) is 0 Å². The first-order chi connectivity index (χ1) is 21.4. The van der Waals surface area contributed by atoms with E-state index in [1.807, 2.05) is 24.3 Å². The van der Waals surface area contributed by atoms with Gasteiger partial charge in [-0.2, -0.15) is 0 Å². The zero-order valence-electron chi connectivity index (χ0n) is 25.1. The molecule has 3 amide bonds. The fraction of sp³-hybridized carbons (Fsp3) is 0.364. The summed E-state index contributed by atoms with van der Waals surface area (Å²) in [5.41, 5.74) is 1.63. The number of nitrogens with one attached hydrogen (secondary N) is 2. The maximum absolute atomic E-state index is 13.6. The summed E-state index contributed by atoms with van der Waals surface area (Å²) in [5.74, 6) is 1.63.